The summed E-state index contributed by atoms with van der Waals surface area (Å²) in [5.41, 5.74) is 3.33. The summed E-state index contributed by atoms with van der Waals surface area (Å²) < 4.78 is 12.6. The Kier molecular flexibility index (Phi) is 6.85. The Labute approximate surface area is 156 Å². The van der Waals surface area contributed by atoms with E-state index in [1.807, 2.05) is 30.3 Å². The van der Waals surface area contributed by atoms with E-state index < -0.39 is 0 Å². The van der Waals surface area contributed by atoms with Gasteiger partial charge in [0.15, 0.2) is 18.1 Å². The van der Waals surface area contributed by atoms with Crippen molar-refractivity contribution < 1.29 is 14.3 Å². The standard InChI is InChI=1S/C16H14BrIN2O3/c1-22-15-8-12(17)5-6-14(15)23-10-16(21)20-19-9-11-3-2-4-13(18)7-11/h2-9H,10H2,1H3,(H,20,21). The molecule has 0 aromatic heterocycles. The largest absolute Gasteiger partial charge is 0.493 e. The number of halogens is 2. The summed E-state index contributed by atoms with van der Waals surface area (Å²) in [4.78, 5) is 11.7. The van der Waals surface area contributed by atoms with Gasteiger partial charge in [-0.05, 0) is 58.5 Å². The van der Waals surface area contributed by atoms with Crippen LogP contribution in [0.5, 0.6) is 11.5 Å². The van der Waals surface area contributed by atoms with Crippen LogP contribution in [0, 0.1) is 3.57 Å². The first kappa shape index (κ1) is 17.7. The second-order valence-electron chi connectivity index (χ2n) is 4.43. The lowest BCUT2D eigenvalue weighted by molar-refractivity contribution is -0.123. The molecule has 5 nitrogen and oxygen atoms in total. The quantitative estimate of drug-likeness (QED) is 0.384. The second-order valence-corrected chi connectivity index (χ2v) is 6.59. The number of hydrazone groups is 1. The number of rotatable bonds is 6. The number of amides is 1. The van der Waals surface area contributed by atoms with Crippen molar-refractivity contribution >= 4 is 50.6 Å². The third kappa shape index (κ3) is 5.83. The molecule has 1 N–H and O–H groups in total. The number of carbonyl (C=O) groups is 1. The smallest absolute Gasteiger partial charge is 0.277 e. The highest BCUT2D eigenvalue weighted by molar-refractivity contribution is 14.1. The van der Waals surface area contributed by atoms with Crippen LogP contribution in [0.3, 0.4) is 0 Å². The van der Waals surface area contributed by atoms with Crippen molar-refractivity contribution in [1.82, 2.24) is 5.43 Å². The van der Waals surface area contributed by atoms with Crippen molar-refractivity contribution in [2.24, 2.45) is 5.10 Å². The minimum Gasteiger partial charge on any atom is -0.493 e. The molecule has 2 rings (SSSR count). The highest BCUT2D eigenvalue weighted by Crippen LogP contribution is 2.29. The van der Waals surface area contributed by atoms with Crippen molar-refractivity contribution in [3.05, 3.63) is 56.1 Å². The van der Waals surface area contributed by atoms with E-state index in [2.05, 4.69) is 49.0 Å². The summed E-state index contributed by atoms with van der Waals surface area (Å²) in [6.45, 7) is -0.151. The van der Waals surface area contributed by atoms with Gasteiger partial charge in [0.25, 0.3) is 5.91 Å². The van der Waals surface area contributed by atoms with Crippen molar-refractivity contribution in [3.8, 4) is 11.5 Å². The van der Waals surface area contributed by atoms with Gasteiger partial charge in [-0.15, -0.1) is 0 Å². The molecule has 23 heavy (non-hydrogen) atoms. The molecule has 0 spiro atoms. The van der Waals surface area contributed by atoms with E-state index in [0.29, 0.717) is 11.5 Å². The maximum atomic E-state index is 11.7. The fourth-order valence-electron chi connectivity index (χ4n) is 1.70. The number of carbonyl (C=O) groups excluding carboxylic acids is 1. The van der Waals surface area contributed by atoms with Crippen molar-refractivity contribution in [1.29, 1.82) is 0 Å². The van der Waals surface area contributed by atoms with Gasteiger partial charge in [0.1, 0.15) is 0 Å². The van der Waals surface area contributed by atoms with Crippen LogP contribution in [0.25, 0.3) is 0 Å². The van der Waals surface area contributed by atoms with Crippen LogP contribution in [0.15, 0.2) is 52.0 Å². The summed E-state index contributed by atoms with van der Waals surface area (Å²) in [5.74, 6) is 0.693. The molecule has 2 aromatic rings. The van der Waals surface area contributed by atoms with Gasteiger partial charge in [-0.25, -0.2) is 5.43 Å². The minimum absolute atomic E-state index is 0.151. The Morgan fingerprint density at radius 2 is 2.13 bits per heavy atom. The Balaban J connectivity index is 1.86. The molecule has 120 valence electrons. The zero-order valence-corrected chi connectivity index (χ0v) is 16.0. The normalized spacial score (nSPS) is 10.6. The predicted molar refractivity (Wildman–Crippen MR) is 101 cm³/mol. The van der Waals surface area contributed by atoms with Crippen LogP contribution >= 0.6 is 38.5 Å². The first-order valence-electron chi connectivity index (χ1n) is 6.62. The fraction of sp³-hybridized carbons (Fsp3) is 0.125. The van der Waals surface area contributed by atoms with E-state index in [-0.39, 0.29) is 12.5 Å². The van der Waals surface area contributed by atoms with Crippen LogP contribution in [-0.4, -0.2) is 25.8 Å². The Bertz CT molecular complexity index is 722. The van der Waals surface area contributed by atoms with Gasteiger partial charge in [0.2, 0.25) is 0 Å². The van der Waals surface area contributed by atoms with E-state index in [0.717, 1.165) is 13.6 Å². The molecule has 0 aliphatic rings. The molecule has 0 saturated heterocycles. The first-order chi connectivity index (χ1) is 11.1. The molecular formula is C16H14BrIN2O3. The molecule has 0 aliphatic heterocycles. The van der Waals surface area contributed by atoms with Crippen molar-refractivity contribution in [2.45, 2.75) is 0 Å². The Morgan fingerprint density at radius 3 is 2.87 bits per heavy atom. The van der Waals surface area contributed by atoms with E-state index in [1.54, 1.807) is 25.5 Å². The highest BCUT2D eigenvalue weighted by atomic mass is 127. The third-order valence-electron chi connectivity index (χ3n) is 2.74. The zero-order chi connectivity index (χ0) is 16.7. The number of hydrogen-bond donors (Lipinski definition) is 1. The van der Waals surface area contributed by atoms with Crippen LogP contribution in [-0.2, 0) is 4.79 Å². The maximum Gasteiger partial charge on any atom is 0.277 e. The Morgan fingerprint density at radius 1 is 1.30 bits per heavy atom. The van der Waals surface area contributed by atoms with Gasteiger partial charge < -0.3 is 9.47 Å². The average molecular weight is 489 g/mol. The molecule has 0 atom stereocenters. The van der Waals surface area contributed by atoms with Crippen molar-refractivity contribution in [3.63, 3.8) is 0 Å². The molecule has 0 fully saturated rings. The topological polar surface area (TPSA) is 59.9 Å². The van der Waals surface area contributed by atoms with Gasteiger partial charge >= 0.3 is 0 Å². The van der Waals surface area contributed by atoms with Crippen LogP contribution in [0.4, 0.5) is 0 Å². The summed E-state index contributed by atoms with van der Waals surface area (Å²) >= 11 is 5.56. The average Bonchev–Trinajstić information content (AvgIpc) is 2.53. The minimum atomic E-state index is -0.350. The Hall–Kier alpha value is -1.61. The second kappa shape index (κ2) is 8.88. The first-order valence-corrected chi connectivity index (χ1v) is 8.49. The molecule has 0 aliphatic carbocycles. The highest BCUT2D eigenvalue weighted by Gasteiger charge is 2.07. The maximum absolute atomic E-state index is 11.7. The summed E-state index contributed by atoms with van der Waals surface area (Å²) in [5, 5.41) is 3.91. The molecule has 0 bridgehead atoms. The monoisotopic (exact) mass is 488 g/mol. The molecule has 7 heteroatoms. The number of ether oxygens (including phenoxy) is 2. The zero-order valence-electron chi connectivity index (χ0n) is 12.3. The fourth-order valence-corrected chi connectivity index (χ4v) is 2.61. The lowest BCUT2D eigenvalue weighted by Gasteiger charge is -2.10. The lowest BCUT2D eigenvalue weighted by Crippen LogP contribution is -2.24. The number of methoxy groups -OCH3 is 1. The predicted octanol–water partition coefficient (Wildman–Crippen LogP) is 3.59. The summed E-state index contributed by atoms with van der Waals surface area (Å²) in [7, 11) is 1.54. The van der Waals surface area contributed by atoms with Gasteiger partial charge in [0.05, 0.1) is 13.3 Å². The molecule has 1 amide bonds. The number of nitrogens with zero attached hydrogens (tertiary/aromatic N) is 1. The van der Waals surface area contributed by atoms with E-state index in [9.17, 15) is 4.79 Å². The van der Waals surface area contributed by atoms with E-state index >= 15 is 0 Å². The molecule has 0 saturated carbocycles. The SMILES string of the molecule is COc1cc(Br)ccc1OCC(=O)NN=Cc1cccc(I)c1. The number of benzene rings is 2. The molecule has 0 unspecified atom stereocenters. The molecule has 0 radical (unpaired) electrons. The third-order valence-corrected chi connectivity index (χ3v) is 3.90. The van der Waals surface area contributed by atoms with Gasteiger partial charge in [-0.1, -0.05) is 28.1 Å². The summed E-state index contributed by atoms with van der Waals surface area (Å²) in [6.07, 6.45) is 1.58. The number of nitrogens with one attached hydrogen (secondary N) is 1. The van der Waals surface area contributed by atoms with Gasteiger partial charge in [-0.2, -0.15) is 5.10 Å². The molecular weight excluding hydrogens is 475 g/mol. The van der Waals surface area contributed by atoms with Crippen molar-refractivity contribution in [2.75, 3.05) is 13.7 Å². The number of hydrogen-bond acceptors (Lipinski definition) is 4. The van der Waals surface area contributed by atoms with Gasteiger partial charge in [0, 0.05) is 8.04 Å². The lowest BCUT2D eigenvalue weighted by atomic mass is 10.2. The van der Waals surface area contributed by atoms with Gasteiger partial charge in [-0.3, -0.25) is 4.79 Å². The van der Waals surface area contributed by atoms with Crippen LogP contribution in [0.1, 0.15) is 5.56 Å². The van der Waals surface area contributed by atoms with E-state index in [1.165, 1.54) is 0 Å². The van der Waals surface area contributed by atoms with Crippen LogP contribution < -0.4 is 14.9 Å². The van der Waals surface area contributed by atoms with Crippen LogP contribution in [0.2, 0.25) is 0 Å². The summed E-state index contributed by atoms with van der Waals surface area (Å²) in [6, 6.07) is 13.1. The van der Waals surface area contributed by atoms with E-state index in [4.69, 9.17) is 9.47 Å². The molecule has 0 heterocycles. The molecule has 2 aromatic carbocycles.